The minimum Gasteiger partial charge on any atom is -0.489 e. The number of carbonyl (C=O) groups is 1. The van der Waals surface area contributed by atoms with E-state index in [4.69, 9.17) is 4.74 Å². The third-order valence-corrected chi connectivity index (χ3v) is 4.45. The van der Waals surface area contributed by atoms with Crippen LogP contribution in [0.25, 0.3) is 0 Å². The first-order chi connectivity index (χ1) is 11.8. The van der Waals surface area contributed by atoms with E-state index >= 15 is 0 Å². The van der Waals surface area contributed by atoms with Crippen molar-refractivity contribution in [2.24, 2.45) is 5.92 Å². The lowest BCUT2D eigenvalue weighted by molar-refractivity contribution is 0.0784. The number of rotatable bonds is 6. The first-order valence-corrected chi connectivity index (χ1v) is 8.47. The Morgan fingerprint density at radius 3 is 2.71 bits per heavy atom. The quantitative estimate of drug-likeness (QED) is 0.888. The summed E-state index contributed by atoms with van der Waals surface area (Å²) in [6, 6.07) is 17.4. The Bertz CT molecular complexity index is 672. The molecule has 1 aliphatic heterocycles. The molecule has 0 aliphatic carbocycles. The number of carbonyl (C=O) groups excluding carboxylic acids is 1. The number of likely N-dealkylation sites (tertiary alicyclic amines) is 1. The average molecular weight is 324 g/mol. The molecule has 1 fully saturated rings. The maximum Gasteiger partial charge on any atom is 0.254 e. The van der Waals surface area contributed by atoms with Gasteiger partial charge in [0.1, 0.15) is 12.4 Å². The summed E-state index contributed by atoms with van der Waals surface area (Å²) in [7, 11) is 1.96. The number of amides is 1. The van der Waals surface area contributed by atoms with E-state index in [0.29, 0.717) is 12.5 Å². The van der Waals surface area contributed by atoms with Gasteiger partial charge >= 0.3 is 0 Å². The molecule has 4 nitrogen and oxygen atoms in total. The highest BCUT2D eigenvalue weighted by Gasteiger charge is 2.27. The largest absolute Gasteiger partial charge is 0.489 e. The van der Waals surface area contributed by atoms with Gasteiger partial charge in [0, 0.05) is 24.2 Å². The van der Waals surface area contributed by atoms with Crippen LogP contribution in [0.5, 0.6) is 5.75 Å². The van der Waals surface area contributed by atoms with Crippen molar-refractivity contribution < 1.29 is 9.53 Å². The van der Waals surface area contributed by atoms with E-state index in [0.717, 1.165) is 42.9 Å². The molecule has 0 saturated carbocycles. The third kappa shape index (κ3) is 3.95. The highest BCUT2D eigenvalue weighted by atomic mass is 16.5. The second-order valence-corrected chi connectivity index (χ2v) is 6.22. The number of nitrogens with one attached hydrogen (secondary N) is 1. The van der Waals surface area contributed by atoms with Crippen LogP contribution in [0.15, 0.2) is 54.6 Å². The summed E-state index contributed by atoms with van der Waals surface area (Å²) in [5.74, 6) is 1.47. The van der Waals surface area contributed by atoms with Gasteiger partial charge in [0.25, 0.3) is 5.91 Å². The Balaban J connectivity index is 1.68. The van der Waals surface area contributed by atoms with Crippen molar-refractivity contribution in [2.45, 2.75) is 13.0 Å². The molecule has 1 atom stereocenters. The maximum absolute atomic E-state index is 12.9. The monoisotopic (exact) mass is 324 g/mol. The lowest BCUT2D eigenvalue weighted by atomic mass is 10.1. The van der Waals surface area contributed by atoms with E-state index in [9.17, 15) is 4.79 Å². The normalized spacial score (nSPS) is 17.0. The zero-order valence-electron chi connectivity index (χ0n) is 14.1. The molecule has 2 aromatic carbocycles. The van der Waals surface area contributed by atoms with E-state index < -0.39 is 0 Å². The summed E-state index contributed by atoms with van der Waals surface area (Å²) in [5.41, 5.74) is 1.68. The number of hydrogen-bond donors (Lipinski definition) is 1. The SMILES string of the molecule is CNCC1CCN(C(=O)c2ccccc2COc2ccccc2)C1. The molecule has 0 bridgehead atoms. The molecule has 1 amide bonds. The lowest BCUT2D eigenvalue weighted by Gasteiger charge is -2.19. The van der Waals surface area contributed by atoms with Crippen LogP contribution in [0.2, 0.25) is 0 Å². The van der Waals surface area contributed by atoms with Gasteiger partial charge in [-0.15, -0.1) is 0 Å². The molecule has 0 radical (unpaired) electrons. The molecule has 4 heteroatoms. The molecule has 1 saturated heterocycles. The van der Waals surface area contributed by atoms with Gasteiger partial charge < -0.3 is 15.0 Å². The summed E-state index contributed by atoms with van der Waals surface area (Å²) < 4.78 is 5.82. The van der Waals surface area contributed by atoms with Crippen molar-refractivity contribution in [1.29, 1.82) is 0 Å². The second-order valence-electron chi connectivity index (χ2n) is 6.22. The fourth-order valence-electron chi connectivity index (χ4n) is 3.18. The molecule has 1 N–H and O–H groups in total. The van der Waals surface area contributed by atoms with Crippen molar-refractivity contribution in [1.82, 2.24) is 10.2 Å². The third-order valence-electron chi connectivity index (χ3n) is 4.45. The van der Waals surface area contributed by atoms with Crippen LogP contribution in [0.1, 0.15) is 22.3 Å². The van der Waals surface area contributed by atoms with Crippen LogP contribution in [-0.4, -0.2) is 37.5 Å². The van der Waals surface area contributed by atoms with E-state index in [1.165, 1.54) is 0 Å². The van der Waals surface area contributed by atoms with Crippen LogP contribution in [0.4, 0.5) is 0 Å². The molecule has 24 heavy (non-hydrogen) atoms. The molecule has 2 aromatic rings. The summed E-state index contributed by atoms with van der Waals surface area (Å²) in [6.45, 7) is 3.02. The number of nitrogens with zero attached hydrogens (tertiary/aromatic N) is 1. The van der Waals surface area contributed by atoms with Crippen LogP contribution >= 0.6 is 0 Å². The number of benzene rings is 2. The molecule has 1 aliphatic rings. The van der Waals surface area contributed by atoms with Crippen molar-refractivity contribution in [2.75, 3.05) is 26.7 Å². The molecule has 1 unspecified atom stereocenters. The Morgan fingerprint density at radius 2 is 1.92 bits per heavy atom. The van der Waals surface area contributed by atoms with Crippen LogP contribution in [0.3, 0.4) is 0 Å². The lowest BCUT2D eigenvalue weighted by Crippen LogP contribution is -2.31. The Hall–Kier alpha value is -2.33. The van der Waals surface area contributed by atoms with Gasteiger partial charge in [-0.05, 0) is 44.1 Å². The highest BCUT2D eigenvalue weighted by molar-refractivity contribution is 5.95. The van der Waals surface area contributed by atoms with Crippen molar-refractivity contribution in [3.8, 4) is 5.75 Å². The Morgan fingerprint density at radius 1 is 1.17 bits per heavy atom. The standard InChI is InChI=1S/C20H24N2O2/c1-21-13-16-11-12-22(14-16)20(23)19-10-6-5-7-17(19)15-24-18-8-3-2-4-9-18/h2-10,16,21H,11-15H2,1H3. The number of para-hydroxylation sites is 1. The first-order valence-electron chi connectivity index (χ1n) is 8.47. The molecule has 1 heterocycles. The van der Waals surface area contributed by atoms with Crippen molar-refractivity contribution in [3.05, 3.63) is 65.7 Å². The van der Waals surface area contributed by atoms with Gasteiger partial charge in [-0.1, -0.05) is 36.4 Å². The van der Waals surface area contributed by atoms with Gasteiger partial charge in [0.05, 0.1) is 0 Å². The smallest absolute Gasteiger partial charge is 0.254 e. The average Bonchev–Trinajstić information content (AvgIpc) is 3.09. The van der Waals surface area contributed by atoms with Crippen LogP contribution < -0.4 is 10.1 Å². The van der Waals surface area contributed by atoms with E-state index in [1.807, 2.05) is 66.5 Å². The van der Waals surface area contributed by atoms with Crippen molar-refractivity contribution >= 4 is 5.91 Å². The predicted molar refractivity (Wildman–Crippen MR) is 95.2 cm³/mol. The zero-order chi connectivity index (χ0) is 16.8. The minimum atomic E-state index is 0.112. The predicted octanol–water partition coefficient (Wildman–Crippen LogP) is 2.95. The van der Waals surface area contributed by atoms with Gasteiger partial charge in [0.2, 0.25) is 0 Å². The fourth-order valence-corrected chi connectivity index (χ4v) is 3.18. The second kappa shape index (κ2) is 7.97. The Kier molecular flexibility index (Phi) is 5.49. The summed E-state index contributed by atoms with van der Waals surface area (Å²) >= 11 is 0. The molecule has 0 spiro atoms. The van der Waals surface area contributed by atoms with E-state index in [-0.39, 0.29) is 5.91 Å². The van der Waals surface area contributed by atoms with E-state index in [2.05, 4.69) is 5.32 Å². The molecular formula is C20H24N2O2. The maximum atomic E-state index is 12.9. The molecule has 126 valence electrons. The molecule has 3 rings (SSSR count). The first kappa shape index (κ1) is 16.5. The van der Waals surface area contributed by atoms with Gasteiger partial charge in [-0.3, -0.25) is 4.79 Å². The van der Waals surface area contributed by atoms with E-state index in [1.54, 1.807) is 0 Å². The minimum absolute atomic E-state index is 0.112. The topological polar surface area (TPSA) is 41.6 Å². The molecular weight excluding hydrogens is 300 g/mol. The summed E-state index contributed by atoms with van der Waals surface area (Å²) in [5, 5.41) is 3.20. The number of ether oxygens (including phenoxy) is 1. The Labute approximate surface area is 143 Å². The molecule has 0 aromatic heterocycles. The highest BCUT2D eigenvalue weighted by Crippen LogP contribution is 2.21. The van der Waals surface area contributed by atoms with Gasteiger partial charge in [0.15, 0.2) is 0 Å². The summed E-state index contributed by atoms with van der Waals surface area (Å²) in [6.07, 6.45) is 1.06. The summed E-state index contributed by atoms with van der Waals surface area (Å²) in [4.78, 5) is 14.8. The van der Waals surface area contributed by atoms with Crippen LogP contribution in [-0.2, 0) is 6.61 Å². The van der Waals surface area contributed by atoms with Crippen molar-refractivity contribution in [3.63, 3.8) is 0 Å². The number of hydrogen-bond acceptors (Lipinski definition) is 3. The zero-order valence-corrected chi connectivity index (χ0v) is 14.1. The fraction of sp³-hybridized carbons (Fsp3) is 0.350. The van der Waals surface area contributed by atoms with Gasteiger partial charge in [-0.2, -0.15) is 0 Å². The van der Waals surface area contributed by atoms with Crippen LogP contribution in [0, 0.1) is 5.92 Å². The van der Waals surface area contributed by atoms with Gasteiger partial charge in [-0.25, -0.2) is 0 Å².